The summed E-state index contributed by atoms with van der Waals surface area (Å²) in [4.78, 5) is 12.2. The van der Waals surface area contributed by atoms with E-state index < -0.39 is 10.0 Å². The lowest BCUT2D eigenvalue weighted by Crippen LogP contribution is -2.15. The Balaban J connectivity index is 1.66. The van der Waals surface area contributed by atoms with Gasteiger partial charge in [-0.2, -0.15) is 0 Å². The fourth-order valence-electron chi connectivity index (χ4n) is 2.47. The van der Waals surface area contributed by atoms with Crippen molar-refractivity contribution in [2.24, 2.45) is 0 Å². The number of hydrogen-bond acceptors (Lipinski definition) is 3. The van der Waals surface area contributed by atoms with E-state index >= 15 is 0 Å². The van der Waals surface area contributed by atoms with E-state index in [4.69, 9.17) is 11.6 Å². The number of nitrogens with one attached hydrogen (secondary N) is 2. The molecule has 0 aliphatic heterocycles. The monoisotopic (exact) mass is 400 g/mol. The molecule has 3 aromatic rings. The van der Waals surface area contributed by atoms with Gasteiger partial charge < -0.3 is 5.32 Å². The van der Waals surface area contributed by atoms with Crippen LogP contribution in [0.4, 0.5) is 11.4 Å². The zero-order valence-corrected chi connectivity index (χ0v) is 15.8. The second-order valence-electron chi connectivity index (χ2n) is 5.85. The van der Waals surface area contributed by atoms with Gasteiger partial charge in [0.05, 0.1) is 17.0 Å². The molecular weight excluding hydrogens is 384 g/mol. The van der Waals surface area contributed by atoms with E-state index in [1.165, 1.54) is 18.2 Å². The van der Waals surface area contributed by atoms with Crippen LogP contribution >= 0.6 is 11.6 Å². The van der Waals surface area contributed by atoms with Crippen LogP contribution in [0.15, 0.2) is 83.8 Å². The molecule has 0 radical (unpaired) electrons. The van der Waals surface area contributed by atoms with Crippen molar-refractivity contribution in [2.45, 2.75) is 11.3 Å². The molecule has 3 rings (SSSR count). The number of rotatable bonds is 6. The molecule has 138 valence electrons. The zero-order chi connectivity index (χ0) is 19.3. The minimum atomic E-state index is -3.75. The Hall–Kier alpha value is -2.83. The molecule has 0 spiro atoms. The van der Waals surface area contributed by atoms with Crippen LogP contribution in [0.5, 0.6) is 0 Å². The van der Waals surface area contributed by atoms with Crippen LogP contribution in [0.25, 0.3) is 0 Å². The first-order valence-electron chi connectivity index (χ1n) is 8.15. The molecule has 27 heavy (non-hydrogen) atoms. The highest BCUT2D eigenvalue weighted by Gasteiger charge is 2.14. The maximum Gasteiger partial charge on any atom is 0.261 e. The molecule has 1 amide bonds. The number of benzene rings is 3. The van der Waals surface area contributed by atoms with Gasteiger partial charge in [0.2, 0.25) is 5.91 Å². The highest BCUT2D eigenvalue weighted by atomic mass is 35.5. The quantitative estimate of drug-likeness (QED) is 0.647. The predicted octanol–water partition coefficient (Wildman–Crippen LogP) is 4.32. The summed E-state index contributed by atoms with van der Waals surface area (Å²) in [6.07, 6.45) is 0.247. The average molecular weight is 401 g/mol. The lowest BCUT2D eigenvalue weighted by molar-refractivity contribution is -0.115. The molecule has 0 heterocycles. The molecular formula is C20H17ClN2O3S. The SMILES string of the molecule is O=C(Cc1ccccc1)Nc1ccc(S(=O)(=O)Nc2cccc(Cl)c2)cc1. The van der Waals surface area contributed by atoms with E-state index in [9.17, 15) is 13.2 Å². The van der Waals surface area contributed by atoms with Crippen LogP contribution in [0, 0.1) is 0 Å². The highest BCUT2D eigenvalue weighted by molar-refractivity contribution is 7.92. The number of halogens is 1. The van der Waals surface area contributed by atoms with Gasteiger partial charge in [-0.25, -0.2) is 8.42 Å². The molecule has 0 aliphatic rings. The molecule has 0 saturated carbocycles. The molecule has 0 unspecified atom stereocenters. The summed E-state index contributed by atoms with van der Waals surface area (Å²) in [6.45, 7) is 0. The van der Waals surface area contributed by atoms with Gasteiger partial charge in [-0.3, -0.25) is 9.52 Å². The molecule has 0 atom stereocenters. The van der Waals surface area contributed by atoms with Crippen molar-refractivity contribution in [3.63, 3.8) is 0 Å². The van der Waals surface area contributed by atoms with Gasteiger partial charge in [-0.1, -0.05) is 48.0 Å². The Morgan fingerprint density at radius 1 is 0.852 bits per heavy atom. The normalized spacial score (nSPS) is 11.0. The van der Waals surface area contributed by atoms with E-state index in [2.05, 4.69) is 10.0 Å². The van der Waals surface area contributed by atoms with Gasteiger partial charge in [0.1, 0.15) is 0 Å². The summed E-state index contributed by atoms with van der Waals surface area (Å²) in [5.74, 6) is -0.172. The van der Waals surface area contributed by atoms with Crippen molar-refractivity contribution in [1.82, 2.24) is 0 Å². The van der Waals surface area contributed by atoms with Crippen molar-refractivity contribution in [2.75, 3.05) is 10.0 Å². The lowest BCUT2D eigenvalue weighted by atomic mass is 10.1. The standard InChI is InChI=1S/C20H17ClN2O3S/c21-16-7-4-8-18(14-16)23-27(25,26)19-11-9-17(10-12-19)22-20(24)13-15-5-2-1-3-6-15/h1-12,14,23H,13H2,(H,22,24). The minimum Gasteiger partial charge on any atom is -0.326 e. The van der Waals surface area contributed by atoms with Gasteiger partial charge >= 0.3 is 0 Å². The number of carbonyl (C=O) groups is 1. The molecule has 0 aromatic heterocycles. The summed E-state index contributed by atoms with van der Waals surface area (Å²) >= 11 is 5.87. The van der Waals surface area contributed by atoms with Gasteiger partial charge in [-0.15, -0.1) is 0 Å². The number of sulfonamides is 1. The van der Waals surface area contributed by atoms with Crippen LogP contribution in [0.2, 0.25) is 5.02 Å². The maximum atomic E-state index is 12.4. The van der Waals surface area contributed by atoms with E-state index in [1.807, 2.05) is 30.3 Å². The third-order valence-corrected chi connectivity index (χ3v) is 5.37. The second kappa shape index (κ2) is 8.24. The van der Waals surface area contributed by atoms with Crippen LogP contribution < -0.4 is 10.0 Å². The molecule has 0 aliphatic carbocycles. The number of carbonyl (C=O) groups excluding carboxylic acids is 1. The van der Waals surface area contributed by atoms with E-state index in [-0.39, 0.29) is 17.2 Å². The molecule has 0 saturated heterocycles. The third-order valence-electron chi connectivity index (χ3n) is 3.73. The van der Waals surface area contributed by atoms with E-state index in [0.29, 0.717) is 16.4 Å². The summed E-state index contributed by atoms with van der Waals surface area (Å²) in [6, 6.07) is 21.8. The van der Waals surface area contributed by atoms with Crippen LogP contribution in [0.1, 0.15) is 5.56 Å². The summed E-state index contributed by atoms with van der Waals surface area (Å²) in [5, 5.41) is 3.19. The van der Waals surface area contributed by atoms with Gasteiger partial charge in [0, 0.05) is 10.7 Å². The zero-order valence-electron chi connectivity index (χ0n) is 14.2. The Bertz CT molecular complexity index is 1040. The largest absolute Gasteiger partial charge is 0.326 e. The second-order valence-corrected chi connectivity index (χ2v) is 7.97. The molecule has 2 N–H and O–H groups in total. The summed E-state index contributed by atoms with van der Waals surface area (Å²) in [5.41, 5.74) is 1.81. The number of hydrogen-bond donors (Lipinski definition) is 2. The van der Waals surface area contributed by atoms with E-state index in [1.54, 1.807) is 30.3 Å². The Labute approximate surface area is 163 Å². The fourth-order valence-corrected chi connectivity index (χ4v) is 3.71. The van der Waals surface area contributed by atoms with Crippen LogP contribution in [0.3, 0.4) is 0 Å². The lowest BCUT2D eigenvalue weighted by Gasteiger charge is -2.10. The Morgan fingerprint density at radius 2 is 1.56 bits per heavy atom. The maximum absolute atomic E-state index is 12.4. The fraction of sp³-hybridized carbons (Fsp3) is 0.0500. The molecule has 0 fully saturated rings. The highest BCUT2D eigenvalue weighted by Crippen LogP contribution is 2.20. The van der Waals surface area contributed by atoms with Gasteiger partial charge in [-0.05, 0) is 48.0 Å². The summed E-state index contributed by atoms with van der Waals surface area (Å²) < 4.78 is 27.4. The first-order valence-corrected chi connectivity index (χ1v) is 10.0. The number of anilines is 2. The van der Waals surface area contributed by atoms with Crippen molar-refractivity contribution >= 4 is 38.9 Å². The average Bonchev–Trinajstić information content (AvgIpc) is 2.62. The molecule has 5 nitrogen and oxygen atoms in total. The van der Waals surface area contributed by atoms with Crippen molar-refractivity contribution < 1.29 is 13.2 Å². The smallest absolute Gasteiger partial charge is 0.261 e. The van der Waals surface area contributed by atoms with Crippen molar-refractivity contribution in [3.05, 3.63) is 89.4 Å². The molecule has 3 aromatic carbocycles. The Kier molecular flexibility index (Phi) is 5.78. The van der Waals surface area contributed by atoms with Gasteiger partial charge in [0.15, 0.2) is 0 Å². The third kappa shape index (κ3) is 5.32. The molecule has 7 heteroatoms. The first-order chi connectivity index (χ1) is 12.9. The Morgan fingerprint density at radius 3 is 2.22 bits per heavy atom. The van der Waals surface area contributed by atoms with Gasteiger partial charge in [0.25, 0.3) is 10.0 Å². The van der Waals surface area contributed by atoms with E-state index in [0.717, 1.165) is 5.56 Å². The van der Waals surface area contributed by atoms with Crippen LogP contribution in [-0.4, -0.2) is 14.3 Å². The first kappa shape index (κ1) is 18.9. The molecule has 0 bridgehead atoms. The number of amides is 1. The van der Waals surface area contributed by atoms with Crippen LogP contribution in [-0.2, 0) is 21.2 Å². The van der Waals surface area contributed by atoms with Crippen molar-refractivity contribution in [3.8, 4) is 0 Å². The topological polar surface area (TPSA) is 75.3 Å². The summed E-state index contributed by atoms with van der Waals surface area (Å²) in [7, 11) is -3.75. The minimum absolute atomic E-state index is 0.0866. The van der Waals surface area contributed by atoms with Crippen molar-refractivity contribution in [1.29, 1.82) is 0 Å². The predicted molar refractivity (Wildman–Crippen MR) is 107 cm³/mol.